The summed E-state index contributed by atoms with van der Waals surface area (Å²) in [6.45, 7) is 0.190. The van der Waals surface area contributed by atoms with Crippen LogP contribution in [0.15, 0.2) is 56.1 Å². The molecule has 0 spiro atoms. The van der Waals surface area contributed by atoms with Gasteiger partial charge in [0.1, 0.15) is 11.5 Å². The molecule has 0 aliphatic carbocycles. The minimum Gasteiger partial charge on any atom is -0.493 e. The number of nitrogens with zero attached hydrogens (tertiary/aromatic N) is 1. The largest absolute Gasteiger partial charge is 0.493 e. The standard InChI is InChI=1S/C20H19BrClNO5S/c1-23(2)29(25,26)10-4-9-27-18-11-13(21)7-8-15(18)19-12-17(24)14-5-3-6-16(22)20(14)28-19/h3,5-8,11-12H,4,9-10H2,1-2H3. The van der Waals surface area contributed by atoms with Gasteiger partial charge in [-0.15, -0.1) is 0 Å². The van der Waals surface area contributed by atoms with E-state index in [-0.39, 0.29) is 17.8 Å². The maximum atomic E-state index is 12.5. The van der Waals surface area contributed by atoms with Crippen molar-refractivity contribution in [1.29, 1.82) is 0 Å². The van der Waals surface area contributed by atoms with Crippen LogP contribution < -0.4 is 10.2 Å². The molecule has 0 aliphatic rings. The average molecular weight is 501 g/mol. The molecule has 2 aromatic carbocycles. The zero-order valence-corrected chi connectivity index (χ0v) is 19.0. The topological polar surface area (TPSA) is 76.8 Å². The van der Waals surface area contributed by atoms with Crippen molar-refractivity contribution >= 4 is 48.5 Å². The van der Waals surface area contributed by atoms with E-state index in [1.165, 1.54) is 24.5 Å². The summed E-state index contributed by atoms with van der Waals surface area (Å²) < 4.78 is 37.4. The van der Waals surface area contributed by atoms with Crippen molar-refractivity contribution in [3.63, 3.8) is 0 Å². The van der Waals surface area contributed by atoms with Gasteiger partial charge in [-0.1, -0.05) is 33.6 Å². The number of ether oxygens (including phenoxy) is 1. The molecule has 0 fully saturated rings. The predicted octanol–water partition coefficient (Wildman–Crippen LogP) is 4.54. The molecule has 0 N–H and O–H groups in total. The first-order valence-corrected chi connectivity index (χ1v) is 11.5. The third-order valence-electron chi connectivity index (χ3n) is 4.28. The number of rotatable bonds is 7. The van der Waals surface area contributed by atoms with E-state index in [0.717, 1.165) is 4.47 Å². The Balaban J connectivity index is 1.91. The SMILES string of the molecule is CN(C)S(=O)(=O)CCCOc1cc(Br)ccc1-c1cc(=O)c2cccc(Cl)c2o1. The second-order valence-electron chi connectivity index (χ2n) is 6.53. The van der Waals surface area contributed by atoms with Gasteiger partial charge in [-0.25, -0.2) is 12.7 Å². The van der Waals surface area contributed by atoms with Crippen LogP contribution in [0.4, 0.5) is 0 Å². The quantitative estimate of drug-likeness (QED) is 0.445. The van der Waals surface area contributed by atoms with Crippen molar-refractivity contribution in [3.05, 3.63) is 62.2 Å². The smallest absolute Gasteiger partial charge is 0.213 e. The molecule has 1 aromatic heterocycles. The lowest BCUT2D eigenvalue weighted by Crippen LogP contribution is -2.25. The maximum Gasteiger partial charge on any atom is 0.213 e. The van der Waals surface area contributed by atoms with Gasteiger partial charge in [0.25, 0.3) is 0 Å². The van der Waals surface area contributed by atoms with Crippen LogP contribution in [0.2, 0.25) is 5.02 Å². The summed E-state index contributed by atoms with van der Waals surface area (Å²) in [6.07, 6.45) is 0.319. The van der Waals surface area contributed by atoms with E-state index < -0.39 is 10.0 Å². The fraction of sp³-hybridized carbons (Fsp3) is 0.250. The molecule has 3 aromatic rings. The van der Waals surface area contributed by atoms with E-state index in [1.807, 2.05) is 0 Å². The second kappa shape index (κ2) is 8.87. The molecule has 0 radical (unpaired) electrons. The third-order valence-corrected chi connectivity index (χ3v) is 6.98. The van der Waals surface area contributed by atoms with Crippen LogP contribution in [0.3, 0.4) is 0 Å². The zero-order valence-electron chi connectivity index (χ0n) is 15.8. The summed E-state index contributed by atoms with van der Waals surface area (Å²) in [5, 5.41) is 0.740. The Morgan fingerprint density at radius 3 is 2.66 bits per heavy atom. The van der Waals surface area contributed by atoms with Crippen LogP contribution >= 0.6 is 27.5 Å². The minimum atomic E-state index is -3.29. The Labute approximate surface area is 182 Å². The third kappa shape index (κ3) is 5.01. The van der Waals surface area contributed by atoms with Crippen LogP contribution in [0.1, 0.15) is 6.42 Å². The first-order valence-electron chi connectivity index (χ1n) is 8.74. The molecule has 29 heavy (non-hydrogen) atoms. The average Bonchev–Trinajstić information content (AvgIpc) is 2.66. The molecular formula is C20H19BrClNO5S. The number of hydrogen-bond donors (Lipinski definition) is 0. The Hall–Kier alpha value is -1.87. The van der Waals surface area contributed by atoms with Gasteiger partial charge < -0.3 is 9.15 Å². The first-order chi connectivity index (χ1) is 13.7. The van der Waals surface area contributed by atoms with E-state index >= 15 is 0 Å². The monoisotopic (exact) mass is 499 g/mol. The zero-order chi connectivity index (χ0) is 21.2. The summed E-state index contributed by atoms with van der Waals surface area (Å²) in [5.41, 5.74) is 0.667. The molecular weight excluding hydrogens is 482 g/mol. The van der Waals surface area contributed by atoms with Crippen molar-refractivity contribution in [2.24, 2.45) is 0 Å². The van der Waals surface area contributed by atoms with Crippen LogP contribution in [-0.2, 0) is 10.0 Å². The molecule has 0 amide bonds. The summed E-state index contributed by atoms with van der Waals surface area (Å²) in [7, 11) is -0.297. The molecule has 0 saturated heterocycles. The minimum absolute atomic E-state index is 0.0238. The number of fused-ring (bicyclic) bond motifs is 1. The van der Waals surface area contributed by atoms with Gasteiger partial charge in [-0.3, -0.25) is 4.79 Å². The van der Waals surface area contributed by atoms with Crippen molar-refractivity contribution in [3.8, 4) is 17.1 Å². The number of benzene rings is 2. The fourth-order valence-electron chi connectivity index (χ4n) is 2.70. The van der Waals surface area contributed by atoms with Gasteiger partial charge in [0.15, 0.2) is 11.0 Å². The Bertz CT molecular complexity index is 1210. The summed E-state index contributed by atoms with van der Waals surface area (Å²) in [6, 6.07) is 11.7. The summed E-state index contributed by atoms with van der Waals surface area (Å²) in [5.74, 6) is 0.763. The molecule has 1 heterocycles. The van der Waals surface area contributed by atoms with Gasteiger partial charge in [-0.05, 0) is 36.8 Å². The molecule has 0 saturated carbocycles. The molecule has 3 rings (SSSR count). The molecule has 0 unspecified atom stereocenters. The van der Waals surface area contributed by atoms with E-state index in [4.69, 9.17) is 20.8 Å². The Morgan fingerprint density at radius 2 is 1.93 bits per heavy atom. The molecule has 6 nitrogen and oxygen atoms in total. The van der Waals surface area contributed by atoms with Crippen LogP contribution in [0.5, 0.6) is 5.75 Å². The van der Waals surface area contributed by atoms with Crippen LogP contribution in [0.25, 0.3) is 22.3 Å². The molecule has 154 valence electrons. The van der Waals surface area contributed by atoms with Crippen molar-refractivity contribution in [1.82, 2.24) is 4.31 Å². The van der Waals surface area contributed by atoms with Crippen molar-refractivity contribution < 1.29 is 17.6 Å². The van der Waals surface area contributed by atoms with Crippen molar-refractivity contribution in [2.45, 2.75) is 6.42 Å². The predicted molar refractivity (Wildman–Crippen MR) is 118 cm³/mol. The van der Waals surface area contributed by atoms with Gasteiger partial charge in [-0.2, -0.15) is 0 Å². The lowest BCUT2D eigenvalue weighted by Gasteiger charge is -2.14. The number of halogens is 2. The van der Waals surface area contributed by atoms with Gasteiger partial charge in [0.2, 0.25) is 10.0 Å². The molecule has 0 bridgehead atoms. The normalized spacial score (nSPS) is 11.9. The van der Waals surface area contributed by atoms with Gasteiger partial charge >= 0.3 is 0 Å². The highest BCUT2D eigenvalue weighted by Crippen LogP contribution is 2.34. The number of sulfonamides is 1. The van der Waals surface area contributed by atoms with E-state index in [1.54, 1.807) is 36.4 Å². The van der Waals surface area contributed by atoms with E-state index in [0.29, 0.717) is 39.5 Å². The molecule has 9 heteroatoms. The lowest BCUT2D eigenvalue weighted by atomic mass is 10.1. The Kier molecular flexibility index (Phi) is 6.68. The van der Waals surface area contributed by atoms with Crippen LogP contribution in [-0.4, -0.2) is 39.2 Å². The van der Waals surface area contributed by atoms with E-state index in [2.05, 4.69) is 15.9 Å². The number of hydrogen-bond acceptors (Lipinski definition) is 5. The van der Waals surface area contributed by atoms with E-state index in [9.17, 15) is 13.2 Å². The molecule has 0 atom stereocenters. The van der Waals surface area contributed by atoms with Gasteiger partial charge in [0, 0.05) is 24.6 Å². The van der Waals surface area contributed by atoms with Gasteiger partial charge in [0.05, 0.1) is 28.3 Å². The second-order valence-corrected chi connectivity index (χ2v) is 10.2. The number of para-hydroxylation sites is 1. The summed E-state index contributed by atoms with van der Waals surface area (Å²) >= 11 is 9.59. The fourth-order valence-corrected chi connectivity index (χ4v) is 4.10. The highest BCUT2D eigenvalue weighted by Gasteiger charge is 2.16. The Morgan fingerprint density at radius 1 is 1.17 bits per heavy atom. The van der Waals surface area contributed by atoms with Crippen molar-refractivity contribution in [2.75, 3.05) is 26.5 Å². The maximum absolute atomic E-state index is 12.5. The highest BCUT2D eigenvalue weighted by atomic mass is 79.9. The summed E-state index contributed by atoms with van der Waals surface area (Å²) in [4.78, 5) is 12.5. The molecule has 0 aliphatic heterocycles. The highest BCUT2D eigenvalue weighted by molar-refractivity contribution is 9.10. The first kappa shape index (κ1) is 21.8. The van der Waals surface area contributed by atoms with Crippen LogP contribution in [0, 0.1) is 0 Å². The lowest BCUT2D eigenvalue weighted by molar-refractivity contribution is 0.317.